The standard InChI is InChI=1S/C24H44N2O11/c25-3-5-29-7-9-31-11-13-33-15-17-35-19-21-37-22-20-36-18-16-34-14-12-32-10-8-30-6-4-26-23(27)1-2-24(26)28/h1-2H,3-22,25H2. The monoisotopic (exact) mass is 536 g/mol. The van der Waals surface area contributed by atoms with Gasteiger partial charge < -0.3 is 48.4 Å². The molecule has 0 fully saturated rings. The molecule has 0 aromatic carbocycles. The van der Waals surface area contributed by atoms with Gasteiger partial charge in [0.1, 0.15) is 0 Å². The lowest BCUT2D eigenvalue weighted by Gasteiger charge is -2.13. The van der Waals surface area contributed by atoms with Gasteiger partial charge in [-0.05, 0) is 0 Å². The predicted molar refractivity (Wildman–Crippen MR) is 132 cm³/mol. The SMILES string of the molecule is NCCOCCOCCOCCOCCOCCOCCOCCOCCOCCN1C(=O)C=CC1=O. The minimum atomic E-state index is -0.304. The topological polar surface area (TPSA) is 146 Å². The van der Waals surface area contributed by atoms with Crippen LogP contribution in [0.15, 0.2) is 12.2 Å². The number of rotatable bonds is 29. The van der Waals surface area contributed by atoms with Crippen LogP contribution >= 0.6 is 0 Å². The van der Waals surface area contributed by atoms with E-state index in [9.17, 15) is 9.59 Å². The molecule has 0 radical (unpaired) electrons. The average Bonchev–Trinajstić information content (AvgIpc) is 3.22. The number of imide groups is 1. The van der Waals surface area contributed by atoms with Crippen molar-refractivity contribution in [3.8, 4) is 0 Å². The Hall–Kier alpha value is -1.52. The summed E-state index contributed by atoms with van der Waals surface area (Å²) < 4.78 is 48.4. The Morgan fingerprint density at radius 2 is 0.676 bits per heavy atom. The van der Waals surface area contributed by atoms with Crippen LogP contribution in [0.3, 0.4) is 0 Å². The summed E-state index contributed by atoms with van der Waals surface area (Å²) in [7, 11) is 0. The molecule has 1 rings (SSSR count). The fourth-order valence-electron chi connectivity index (χ4n) is 2.75. The summed E-state index contributed by atoms with van der Waals surface area (Å²) in [5.41, 5.74) is 5.31. The molecule has 216 valence electrons. The van der Waals surface area contributed by atoms with Crippen molar-refractivity contribution >= 4 is 11.8 Å². The Morgan fingerprint density at radius 3 is 0.946 bits per heavy atom. The summed E-state index contributed by atoms with van der Waals surface area (Å²) in [6.07, 6.45) is 2.51. The molecule has 0 aromatic rings. The second-order valence-corrected chi connectivity index (χ2v) is 7.46. The molecule has 0 aromatic heterocycles. The van der Waals surface area contributed by atoms with Gasteiger partial charge in [0.25, 0.3) is 11.8 Å². The highest BCUT2D eigenvalue weighted by atomic mass is 16.6. The third-order valence-electron chi connectivity index (χ3n) is 4.60. The van der Waals surface area contributed by atoms with Crippen LogP contribution < -0.4 is 5.73 Å². The molecule has 0 bridgehead atoms. The third kappa shape index (κ3) is 21.1. The smallest absolute Gasteiger partial charge is 0.253 e. The van der Waals surface area contributed by atoms with E-state index in [2.05, 4.69) is 0 Å². The maximum atomic E-state index is 11.4. The molecule has 0 unspecified atom stereocenters. The van der Waals surface area contributed by atoms with Crippen molar-refractivity contribution in [1.82, 2.24) is 4.90 Å². The molecule has 0 aliphatic carbocycles. The van der Waals surface area contributed by atoms with Gasteiger partial charge in [-0.15, -0.1) is 0 Å². The van der Waals surface area contributed by atoms with Gasteiger partial charge in [0.15, 0.2) is 0 Å². The Morgan fingerprint density at radius 1 is 0.432 bits per heavy atom. The van der Waals surface area contributed by atoms with Gasteiger partial charge >= 0.3 is 0 Å². The highest BCUT2D eigenvalue weighted by Crippen LogP contribution is 2.02. The van der Waals surface area contributed by atoms with Crippen LogP contribution in [-0.2, 0) is 52.2 Å². The van der Waals surface area contributed by atoms with Crippen LogP contribution in [0.4, 0.5) is 0 Å². The summed E-state index contributed by atoms with van der Waals surface area (Å²) in [5, 5.41) is 0. The highest BCUT2D eigenvalue weighted by Gasteiger charge is 2.22. The Bertz CT molecular complexity index is 563. The first-order valence-corrected chi connectivity index (χ1v) is 12.7. The molecule has 1 heterocycles. The predicted octanol–water partition coefficient (Wildman–Crippen LogP) is -0.980. The number of amides is 2. The van der Waals surface area contributed by atoms with Gasteiger partial charge in [-0.1, -0.05) is 0 Å². The zero-order valence-corrected chi connectivity index (χ0v) is 21.8. The van der Waals surface area contributed by atoms with E-state index in [0.29, 0.717) is 119 Å². The van der Waals surface area contributed by atoms with E-state index < -0.39 is 0 Å². The molecule has 1 aliphatic rings. The van der Waals surface area contributed by atoms with Crippen molar-refractivity contribution < 1.29 is 52.2 Å². The van der Waals surface area contributed by atoms with Gasteiger partial charge in [0, 0.05) is 18.7 Å². The normalized spacial score (nSPS) is 13.4. The summed E-state index contributed by atoms with van der Waals surface area (Å²) in [5.74, 6) is -0.609. The van der Waals surface area contributed by atoms with Crippen molar-refractivity contribution in [1.29, 1.82) is 0 Å². The van der Waals surface area contributed by atoms with Gasteiger partial charge in [0.2, 0.25) is 0 Å². The fourth-order valence-corrected chi connectivity index (χ4v) is 2.75. The maximum absolute atomic E-state index is 11.4. The molecule has 1 aliphatic heterocycles. The highest BCUT2D eigenvalue weighted by molar-refractivity contribution is 6.12. The first-order valence-electron chi connectivity index (χ1n) is 12.7. The minimum absolute atomic E-state index is 0.243. The number of nitrogens with two attached hydrogens (primary N) is 1. The van der Waals surface area contributed by atoms with E-state index in [1.165, 1.54) is 12.2 Å². The molecule has 0 saturated carbocycles. The Balaban J connectivity index is 1.64. The van der Waals surface area contributed by atoms with E-state index in [-0.39, 0.29) is 25.0 Å². The van der Waals surface area contributed by atoms with Crippen LogP contribution in [0.2, 0.25) is 0 Å². The Labute approximate surface area is 219 Å². The summed E-state index contributed by atoms with van der Waals surface area (Å²) in [6.45, 7) is 9.39. The number of ether oxygens (including phenoxy) is 9. The second kappa shape index (κ2) is 26.1. The molecule has 0 saturated heterocycles. The van der Waals surface area contributed by atoms with Crippen molar-refractivity contribution in [3.05, 3.63) is 12.2 Å². The van der Waals surface area contributed by atoms with E-state index in [1.807, 2.05) is 0 Å². The summed E-state index contributed by atoms with van der Waals surface area (Å²) in [6, 6.07) is 0. The average molecular weight is 537 g/mol. The van der Waals surface area contributed by atoms with E-state index in [4.69, 9.17) is 48.4 Å². The van der Waals surface area contributed by atoms with Crippen molar-refractivity contribution in [2.24, 2.45) is 5.73 Å². The third-order valence-corrected chi connectivity index (χ3v) is 4.60. The van der Waals surface area contributed by atoms with Crippen molar-refractivity contribution in [3.63, 3.8) is 0 Å². The minimum Gasteiger partial charge on any atom is -0.378 e. The van der Waals surface area contributed by atoms with Gasteiger partial charge in [-0.3, -0.25) is 14.5 Å². The fraction of sp³-hybridized carbons (Fsp3) is 0.833. The van der Waals surface area contributed by atoms with Gasteiger partial charge in [0.05, 0.1) is 125 Å². The molecule has 0 spiro atoms. The molecule has 0 atom stereocenters. The van der Waals surface area contributed by atoms with Gasteiger partial charge in [-0.25, -0.2) is 0 Å². The maximum Gasteiger partial charge on any atom is 0.253 e. The number of nitrogens with zero attached hydrogens (tertiary/aromatic N) is 1. The Kier molecular flexibility index (Phi) is 23.6. The molecule has 13 heteroatoms. The molecule has 37 heavy (non-hydrogen) atoms. The van der Waals surface area contributed by atoms with Crippen LogP contribution in [0.5, 0.6) is 0 Å². The van der Waals surface area contributed by atoms with E-state index in [0.717, 1.165) is 4.90 Å². The lowest BCUT2D eigenvalue weighted by molar-refractivity contribution is -0.137. The van der Waals surface area contributed by atoms with E-state index >= 15 is 0 Å². The first-order chi connectivity index (χ1) is 18.3. The molecule has 2 N–H and O–H groups in total. The van der Waals surface area contributed by atoms with Crippen molar-refractivity contribution in [2.45, 2.75) is 0 Å². The van der Waals surface area contributed by atoms with Crippen LogP contribution in [0, 0.1) is 0 Å². The largest absolute Gasteiger partial charge is 0.378 e. The van der Waals surface area contributed by atoms with E-state index in [1.54, 1.807) is 0 Å². The lowest BCUT2D eigenvalue weighted by Crippen LogP contribution is -2.33. The molecule has 2 amide bonds. The zero-order valence-electron chi connectivity index (χ0n) is 21.8. The second-order valence-electron chi connectivity index (χ2n) is 7.46. The lowest BCUT2D eigenvalue weighted by atomic mass is 10.5. The number of hydrogen-bond donors (Lipinski definition) is 1. The van der Waals surface area contributed by atoms with Crippen LogP contribution in [0.1, 0.15) is 0 Å². The number of carbonyl (C=O) groups is 2. The molecule has 13 nitrogen and oxygen atoms in total. The first kappa shape index (κ1) is 33.5. The quantitative estimate of drug-likeness (QED) is 0.0926. The molecular weight excluding hydrogens is 492 g/mol. The zero-order chi connectivity index (χ0) is 26.7. The molecular formula is C24H44N2O11. The van der Waals surface area contributed by atoms with Crippen LogP contribution in [0.25, 0.3) is 0 Å². The summed E-state index contributed by atoms with van der Waals surface area (Å²) >= 11 is 0. The van der Waals surface area contributed by atoms with Crippen molar-refractivity contribution in [2.75, 3.05) is 132 Å². The number of carbonyl (C=O) groups excluding carboxylic acids is 2. The number of hydrogen-bond acceptors (Lipinski definition) is 12. The van der Waals surface area contributed by atoms with Gasteiger partial charge in [-0.2, -0.15) is 0 Å². The summed E-state index contributed by atoms with van der Waals surface area (Å²) in [4.78, 5) is 23.9. The van der Waals surface area contributed by atoms with Crippen LogP contribution in [-0.4, -0.2) is 149 Å².